The number of methoxy groups -OCH3 is 1. The summed E-state index contributed by atoms with van der Waals surface area (Å²) < 4.78 is 9.92. The molecule has 1 aliphatic rings. The minimum atomic E-state index is -0.265. The third-order valence-electron chi connectivity index (χ3n) is 3.77. The van der Waals surface area contributed by atoms with Crippen LogP contribution in [0, 0.1) is 12.8 Å². The highest BCUT2D eigenvalue weighted by molar-refractivity contribution is 5.94. The van der Waals surface area contributed by atoms with Crippen molar-refractivity contribution in [3.8, 4) is 0 Å². The first-order valence-corrected chi connectivity index (χ1v) is 7.61. The number of hydrogen-bond donors (Lipinski definition) is 1. The fourth-order valence-electron chi connectivity index (χ4n) is 2.36. The molecule has 0 spiro atoms. The molecular weight excluding hydrogens is 286 g/mol. The molecule has 122 valence electrons. The van der Waals surface area contributed by atoms with E-state index in [9.17, 15) is 9.59 Å². The van der Waals surface area contributed by atoms with Crippen molar-refractivity contribution in [2.24, 2.45) is 5.92 Å². The highest BCUT2D eigenvalue weighted by atomic mass is 16.5. The van der Waals surface area contributed by atoms with Gasteiger partial charge in [-0.15, -0.1) is 0 Å². The molecule has 22 heavy (non-hydrogen) atoms. The fourth-order valence-corrected chi connectivity index (χ4v) is 2.36. The molecule has 0 radical (unpaired) electrons. The molecule has 2 rings (SSSR count). The van der Waals surface area contributed by atoms with Crippen molar-refractivity contribution in [2.75, 3.05) is 32.1 Å². The van der Waals surface area contributed by atoms with Gasteiger partial charge in [-0.25, -0.2) is 0 Å². The standard InChI is InChI=1S/C15H23N3O4/c1-11-9-13(17-22-11)16-14(19)10-18(7-4-8-21-2)15(20)12-5-3-6-12/h9,12H,3-8,10H2,1-2H3,(H,16,17,19). The van der Waals surface area contributed by atoms with E-state index in [4.69, 9.17) is 9.26 Å². The van der Waals surface area contributed by atoms with Crippen LogP contribution in [0.25, 0.3) is 0 Å². The van der Waals surface area contributed by atoms with Gasteiger partial charge in [0.1, 0.15) is 5.76 Å². The predicted molar refractivity (Wildman–Crippen MR) is 80.3 cm³/mol. The molecule has 0 unspecified atom stereocenters. The molecule has 0 saturated heterocycles. The van der Waals surface area contributed by atoms with Gasteiger partial charge in [0, 0.05) is 32.2 Å². The van der Waals surface area contributed by atoms with Crippen LogP contribution in [0.2, 0.25) is 0 Å². The lowest BCUT2D eigenvalue weighted by molar-refractivity contribution is -0.140. The Morgan fingerprint density at radius 3 is 2.82 bits per heavy atom. The van der Waals surface area contributed by atoms with Crippen LogP contribution in [-0.2, 0) is 14.3 Å². The molecule has 0 atom stereocenters. The summed E-state index contributed by atoms with van der Waals surface area (Å²) in [6.07, 6.45) is 3.64. The number of nitrogens with one attached hydrogen (secondary N) is 1. The molecule has 7 nitrogen and oxygen atoms in total. The van der Waals surface area contributed by atoms with Crippen molar-refractivity contribution >= 4 is 17.6 Å². The summed E-state index contributed by atoms with van der Waals surface area (Å²) >= 11 is 0. The van der Waals surface area contributed by atoms with Gasteiger partial charge in [-0.1, -0.05) is 11.6 Å². The monoisotopic (exact) mass is 309 g/mol. The molecule has 2 amide bonds. The van der Waals surface area contributed by atoms with Crippen molar-refractivity contribution in [2.45, 2.75) is 32.6 Å². The maximum absolute atomic E-state index is 12.4. The van der Waals surface area contributed by atoms with E-state index in [0.29, 0.717) is 31.2 Å². The fraction of sp³-hybridized carbons (Fsp3) is 0.667. The van der Waals surface area contributed by atoms with Crippen LogP contribution >= 0.6 is 0 Å². The Morgan fingerprint density at radius 2 is 2.27 bits per heavy atom. The Morgan fingerprint density at radius 1 is 1.50 bits per heavy atom. The highest BCUT2D eigenvalue weighted by Crippen LogP contribution is 2.28. The van der Waals surface area contributed by atoms with Gasteiger partial charge in [-0.3, -0.25) is 9.59 Å². The predicted octanol–water partition coefficient (Wildman–Crippen LogP) is 1.59. The number of nitrogens with zero attached hydrogens (tertiary/aromatic N) is 2. The molecule has 0 aliphatic heterocycles. The molecule has 1 N–H and O–H groups in total. The Kier molecular flexibility index (Phi) is 5.94. The first-order chi connectivity index (χ1) is 10.6. The van der Waals surface area contributed by atoms with E-state index in [-0.39, 0.29) is 24.3 Å². The molecule has 1 fully saturated rings. The van der Waals surface area contributed by atoms with E-state index in [1.807, 2.05) is 0 Å². The smallest absolute Gasteiger partial charge is 0.245 e. The van der Waals surface area contributed by atoms with Crippen molar-refractivity contribution in [1.82, 2.24) is 10.1 Å². The number of carbonyl (C=O) groups excluding carboxylic acids is 2. The Bertz CT molecular complexity index is 511. The topological polar surface area (TPSA) is 84.7 Å². The summed E-state index contributed by atoms with van der Waals surface area (Å²) in [6, 6.07) is 1.64. The van der Waals surface area contributed by atoms with E-state index >= 15 is 0 Å². The zero-order valence-electron chi connectivity index (χ0n) is 13.1. The summed E-state index contributed by atoms with van der Waals surface area (Å²) in [5.74, 6) is 0.866. The van der Waals surface area contributed by atoms with Crippen LogP contribution < -0.4 is 5.32 Å². The molecule has 1 aliphatic carbocycles. The number of anilines is 1. The van der Waals surface area contributed by atoms with Crippen LogP contribution in [0.3, 0.4) is 0 Å². The molecule has 0 bridgehead atoms. The van der Waals surface area contributed by atoms with Gasteiger partial charge >= 0.3 is 0 Å². The van der Waals surface area contributed by atoms with Gasteiger partial charge in [-0.2, -0.15) is 0 Å². The maximum atomic E-state index is 12.4. The van der Waals surface area contributed by atoms with E-state index in [1.54, 1.807) is 25.0 Å². The lowest BCUT2D eigenvalue weighted by atomic mass is 9.84. The van der Waals surface area contributed by atoms with E-state index < -0.39 is 0 Å². The lowest BCUT2D eigenvalue weighted by Crippen LogP contribution is -2.43. The number of carbonyl (C=O) groups is 2. The van der Waals surface area contributed by atoms with Crippen molar-refractivity contribution in [1.29, 1.82) is 0 Å². The molecule has 1 aromatic heterocycles. The van der Waals surface area contributed by atoms with Crippen LogP contribution in [-0.4, -0.2) is 48.7 Å². The number of rotatable bonds is 8. The molecule has 0 aromatic carbocycles. The normalized spacial score (nSPS) is 14.5. The summed E-state index contributed by atoms with van der Waals surface area (Å²) in [4.78, 5) is 26.1. The summed E-state index contributed by atoms with van der Waals surface area (Å²) in [5, 5.41) is 6.36. The second-order valence-corrected chi connectivity index (χ2v) is 5.60. The molecule has 1 saturated carbocycles. The second-order valence-electron chi connectivity index (χ2n) is 5.60. The van der Waals surface area contributed by atoms with Gasteiger partial charge < -0.3 is 19.5 Å². The van der Waals surface area contributed by atoms with Crippen molar-refractivity contribution in [3.63, 3.8) is 0 Å². The molecule has 1 aromatic rings. The van der Waals surface area contributed by atoms with Crippen LogP contribution in [0.5, 0.6) is 0 Å². The largest absolute Gasteiger partial charge is 0.385 e. The van der Waals surface area contributed by atoms with Gasteiger partial charge in [0.25, 0.3) is 0 Å². The number of ether oxygens (including phenoxy) is 1. The first kappa shape index (κ1) is 16.5. The van der Waals surface area contributed by atoms with Crippen LogP contribution in [0.4, 0.5) is 5.82 Å². The zero-order valence-corrected chi connectivity index (χ0v) is 13.1. The van der Waals surface area contributed by atoms with Gasteiger partial charge in [0.15, 0.2) is 5.82 Å². The number of aromatic nitrogens is 1. The second kappa shape index (κ2) is 7.93. The Labute approximate surface area is 130 Å². The quantitative estimate of drug-likeness (QED) is 0.737. The Balaban J connectivity index is 1.88. The number of aryl methyl sites for hydroxylation is 1. The average molecular weight is 309 g/mol. The average Bonchev–Trinajstić information content (AvgIpc) is 2.81. The van der Waals surface area contributed by atoms with E-state index in [0.717, 1.165) is 19.3 Å². The zero-order chi connectivity index (χ0) is 15.9. The molecule has 7 heteroatoms. The van der Waals surface area contributed by atoms with Gasteiger partial charge in [0.05, 0.1) is 6.54 Å². The summed E-state index contributed by atoms with van der Waals surface area (Å²) in [6.45, 7) is 2.87. The third-order valence-corrected chi connectivity index (χ3v) is 3.77. The SMILES string of the molecule is COCCCN(CC(=O)Nc1cc(C)on1)C(=O)C1CCC1. The Hall–Kier alpha value is -1.89. The van der Waals surface area contributed by atoms with Crippen molar-refractivity contribution < 1.29 is 18.8 Å². The van der Waals surface area contributed by atoms with E-state index in [1.165, 1.54) is 0 Å². The van der Waals surface area contributed by atoms with E-state index in [2.05, 4.69) is 10.5 Å². The molecule has 1 heterocycles. The lowest BCUT2D eigenvalue weighted by Gasteiger charge is -2.31. The minimum absolute atomic E-state index is 0.0327. The number of amides is 2. The minimum Gasteiger partial charge on any atom is -0.385 e. The first-order valence-electron chi connectivity index (χ1n) is 7.61. The third kappa shape index (κ3) is 4.56. The molecular formula is C15H23N3O4. The highest BCUT2D eigenvalue weighted by Gasteiger charge is 2.30. The van der Waals surface area contributed by atoms with Gasteiger partial charge in [-0.05, 0) is 26.2 Å². The number of hydrogen-bond acceptors (Lipinski definition) is 5. The summed E-state index contributed by atoms with van der Waals surface area (Å²) in [7, 11) is 1.62. The van der Waals surface area contributed by atoms with Crippen molar-refractivity contribution in [3.05, 3.63) is 11.8 Å². The van der Waals surface area contributed by atoms with Crippen LogP contribution in [0.1, 0.15) is 31.4 Å². The summed E-state index contributed by atoms with van der Waals surface area (Å²) in [5.41, 5.74) is 0. The maximum Gasteiger partial charge on any atom is 0.245 e. The van der Waals surface area contributed by atoms with Crippen LogP contribution in [0.15, 0.2) is 10.6 Å². The van der Waals surface area contributed by atoms with Gasteiger partial charge in [0.2, 0.25) is 11.8 Å².